The van der Waals surface area contributed by atoms with E-state index in [1.807, 2.05) is 18.2 Å². The molecule has 0 saturated heterocycles. The van der Waals surface area contributed by atoms with Crippen LogP contribution in [0.15, 0.2) is 115 Å². The van der Waals surface area contributed by atoms with Gasteiger partial charge in [0, 0.05) is 12.1 Å². The van der Waals surface area contributed by atoms with Crippen molar-refractivity contribution >= 4 is 23.6 Å². The van der Waals surface area contributed by atoms with Crippen LogP contribution in [0.2, 0.25) is 0 Å². The molecular formula is C26H23NO2P+. The summed E-state index contributed by atoms with van der Waals surface area (Å²) >= 11 is 0. The largest absolute Gasteiger partial charge is 0.269 e. The average Bonchev–Trinajstić information content (AvgIpc) is 2.81. The molecule has 0 radical (unpaired) electrons. The van der Waals surface area contributed by atoms with Gasteiger partial charge in [-0.15, -0.1) is 0 Å². The highest BCUT2D eigenvalue weighted by atomic mass is 31.2. The van der Waals surface area contributed by atoms with Gasteiger partial charge in [-0.25, -0.2) is 0 Å². The predicted molar refractivity (Wildman–Crippen MR) is 126 cm³/mol. The molecule has 0 heterocycles. The first-order chi connectivity index (χ1) is 14.7. The SMILES string of the molecule is O=[N+]([O-])c1ccc(C[P+](Cc2ccccc2)(c2ccccc2)c2ccccc2)cc1. The fraction of sp³-hybridized carbons (Fsp3) is 0.0769. The molecule has 0 atom stereocenters. The topological polar surface area (TPSA) is 43.1 Å². The minimum Gasteiger partial charge on any atom is -0.258 e. The molecule has 0 aliphatic heterocycles. The van der Waals surface area contributed by atoms with E-state index in [4.69, 9.17) is 0 Å². The van der Waals surface area contributed by atoms with E-state index in [-0.39, 0.29) is 10.6 Å². The summed E-state index contributed by atoms with van der Waals surface area (Å²) in [6.45, 7) is 0. The first-order valence-electron chi connectivity index (χ1n) is 9.93. The lowest BCUT2D eigenvalue weighted by molar-refractivity contribution is -0.384. The molecule has 3 nitrogen and oxygen atoms in total. The quantitative estimate of drug-likeness (QED) is 0.213. The van der Waals surface area contributed by atoms with Crippen LogP contribution in [0.5, 0.6) is 0 Å². The molecule has 0 spiro atoms. The van der Waals surface area contributed by atoms with Gasteiger partial charge in [-0.1, -0.05) is 66.7 Å². The molecule has 0 aliphatic carbocycles. The maximum absolute atomic E-state index is 11.1. The molecule has 148 valence electrons. The van der Waals surface area contributed by atoms with Gasteiger partial charge in [-0.3, -0.25) is 10.1 Å². The summed E-state index contributed by atoms with van der Waals surface area (Å²) in [5.74, 6) is 0. The second-order valence-electron chi connectivity index (χ2n) is 7.36. The highest BCUT2D eigenvalue weighted by Gasteiger charge is 2.43. The molecule has 0 N–H and O–H groups in total. The molecule has 0 fully saturated rings. The number of benzene rings is 4. The third-order valence-electron chi connectivity index (χ3n) is 5.40. The van der Waals surface area contributed by atoms with Gasteiger partial charge in [-0.2, -0.15) is 0 Å². The Balaban J connectivity index is 1.86. The fourth-order valence-corrected chi connectivity index (χ4v) is 8.22. The Morgan fingerprint density at radius 1 is 0.567 bits per heavy atom. The summed E-state index contributed by atoms with van der Waals surface area (Å²) < 4.78 is 0. The van der Waals surface area contributed by atoms with Gasteiger partial charge < -0.3 is 0 Å². The van der Waals surface area contributed by atoms with E-state index in [2.05, 4.69) is 84.9 Å². The van der Waals surface area contributed by atoms with Gasteiger partial charge in [0.1, 0.15) is 0 Å². The minimum atomic E-state index is -1.85. The number of rotatable bonds is 7. The highest BCUT2D eigenvalue weighted by Crippen LogP contribution is 2.61. The standard InChI is InChI=1S/C26H23NO2P/c28-27(29)24-18-16-23(17-19-24)21-30(25-12-6-2-7-13-25,26-14-8-3-9-15-26)20-22-10-4-1-5-11-22/h1-19H,20-21H2/q+1. The summed E-state index contributed by atoms with van der Waals surface area (Å²) in [5, 5.41) is 13.8. The monoisotopic (exact) mass is 412 g/mol. The second-order valence-corrected chi connectivity index (χ2v) is 11.0. The Morgan fingerprint density at radius 2 is 0.967 bits per heavy atom. The van der Waals surface area contributed by atoms with Crippen molar-refractivity contribution < 1.29 is 4.92 Å². The number of nitrogens with zero attached hydrogens (tertiary/aromatic N) is 1. The highest BCUT2D eigenvalue weighted by molar-refractivity contribution is 7.88. The average molecular weight is 412 g/mol. The normalized spacial score (nSPS) is 11.2. The van der Waals surface area contributed by atoms with Crippen LogP contribution in [0.1, 0.15) is 11.1 Å². The van der Waals surface area contributed by atoms with Crippen LogP contribution in [0.3, 0.4) is 0 Å². The zero-order valence-corrected chi connectivity index (χ0v) is 17.5. The van der Waals surface area contributed by atoms with E-state index in [1.54, 1.807) is 12.1 Å². The van der Waals surface area contributed by atoms with Gasteiger partial charge in [-0.05, 0) is 47.5 Å². The van der Waals surface area contributed by atoms with E-state index >= 15 is 0 Å². The van der Waals surface area contributed by atoms with Gasteiger partial charge >= 0.3 is 0 Å². The summed E-state index contributed by atoms with van der Waals surface area (Å²) in [4.78, 5) is 10.8. The number of nitro benzene ring substituents is 1. The molecule has 4 aromatic rings. The number of hydrogen-bond acceptors (Lipinski definition) is 2. The van der Waals surface area contributed by atoms with Gasteiger partial charge in [0.25, 0.3) is 5.69 Å². The second kappa shape index (κ2) is 9.02. The molecule has 0 aromatic heterocycles. The zero-order valence-electron chi connectivity index (χ0n) is 16.6. The first-order valence-corrected chi connectivity index (χ1v) is 12.1. The summed E-state index contributed by atoms with van der Waals surface area (Å²) in [6, 6.07) is 39.1. The Hall–Kier alpha value is -3.29. The summed E-state index contributed by atoms with van der Waals surface area (Å²) in [7, 11) is -1.85. The van der Waals surface area contributed by atoms with Crippen LogP contribution < -0.4 is 10.6 Å². The molecule has 0 saturated carbocycles. The molecule has 4 aromatic carbocycles. The lowest BCUT2D eigenvalue weighted by Crippen LogP contribution is -2.25. The van der Waals surface area contributed by atoms with E-state index in [0.29, 0.717) is 0 Å². The maximum atomic E-state index is 11.1. The maximum Gasteiger partial charge on any atom is 0.269 e. The van der Waals surface area contributed by atoms with Gasteiger partial charge in [0.2, 0.25) is 0 Å². The van der Waals surface area contributed by atoms with Gasteiger partial charge in [0.05, 0.1) is 35.1 Å². The predicted octanol–water partition coefficient (Wildman–Crippen LogP) is 5.96. The summed E-state index contributed by atoms with van der Waals surface area (Å²) in [5.41, 5.74) is 2.56. The van der Waals surface area contributed by atoms with Crippen molar-refractivity contribution in [3.8, 4) is 0 Å². The van der Waals surface area contributed by atoms with Crippen LogP contribution in [-0.2, 0) is 12.3 Å². The zero-order chi connectivity index (χ0) is 20.8. The van der Waals surface area contributed by atoms with E-state index in [0.717, 1.165) is 17.9 Å². The molecule has 0 bridgehead atoms. The third kappa shape index (κ3) is 4.32. The number of non-ortho nitro benzene ring substituents is 1. The van der Waals surface area contributed by atoms with Crippen molar-refractivity contribution in [2.75, 3.05) is 0 Å². The van der Waals surface area contributed by atoms with Crippen molar-refractivity contribution in [3.05, 3.63) is 137 Å². The van der Waals surface area contributed by atoms with Crippen molar-refractivity contribution in [2.45, 2.75) is 12.3 Å². The lowest BCUT2D eigenvalue weighted by Gasteiger charge is -2.28. The van der Waals surface area contributed by atoms with Crippen molar-refractivity contribution in [1.82, 2.24) is 0 Å². The first kappa shape index (κ1) is 20.0. The smallest absolute Gasteiger partial charge is 0.258 e. The Morgan fingerprint density at radius 3 is 1.40 bits per heavy atom. The molecule has 0 unspecified atom stereocenters. The Bertz CT molecular complexity index is 1060. The molecule has 0 amide bonds. The van der Waals surface area contributed by atoms with Crippen molar-refractivity contribution in [3.63, 3.8) is 0 Å². The van der Waals surface area contributed by atoms with Crippen LogP contribution in [-0.4, -0.2) is 4.92 Å². The number of hydrogen-bond donors (Lipinski definition) is 0. The minimum absolute atomic E-state index is 0.130. The Labute approximate surface area is 177 Å². The fourth-order valence-electron chi connectivity index (χ4n) is 3.93. The van der Waals surface area contributed by atoms with Gasteiger partial charge in [0.15, 0.2) is 0 Å². The van der Waals surface area contributed by atoms with Crippen LogP contribution in [0, 0.1) is 10.1 Å². The van der Waals surface area contributed by atoms with E-state index in [1.165, 1.54) is 16.2 Å². The van der Waals surface area contributed by atoms with Crippen LogP contribution in [0.4, 0.5) is 5.69 Å². The molecular weight excluding hydrogens is 389 g/mol. The number of nitro groups is 1. The molecule has 30 heavy (non-hydrogen) atoms. The summed E-state index contributed by atoms with van der Waals surface area (Å²) in [6.07, 6.45) is 1.80. The van der Waals surface area contributed by atoms with Crippen LogP contribution >= 0.6 is 7.26 Å². The van der Waals surface area contributed by atoms with Crippen molar-refractivity contribution in [1.29, 1.82) is 0 Å². The third-order valence-corrected chi connectivity index (χ3v) is 9.78. The van der Waals surface area contributed by atoms with E-state index < -0.39 is 7.26 Å². The Kier molecular flexibility index (Phi) is 6.02. The lowest BCUT2D eigenvalue weighted by atomic mass is 10.2. The molecule has 0 aliphatic rings. The van der Waals surface area contributed by atoms with Crippen molar-refractivity contribution in [2.24, 2.45) is 0 Å². The van der Waals surface area contributed by atoms with E-state index in [9.17, 15) is 10.1 Å². The molecule has 4 heteroatoms. The molecule has 4 rings (SSSR count). The van der Waals surface area contributed by atoms with Crippen LogP contribution in [0.25, 0.3) is 0 Å².